The highest BCUT2D eigenvalue weighted by atomic mass is 32.2. The van der Waals surface area contributed by atoms with Crippen molar-refractivity contribution in [3.63, 3.8) is 0 Å². The van der Waals surface area contributed by atoms with Crippen molar-refractivity contribution in [1.82, 2.24) is 19.9 Å². The van der Waals surface area contributed by atoms with E-state index in [4.69, 9.17) is 9.47 Å². The van der Waals surface area contributed by atoms with E-state index in [1.807, 2.05) is 30.3 Å². The first-order valence-corrected chi connectivity index (χ1v) is 11.8. The Balaban J connectivity index is 1.79. The van der Waals surface area contributed by atoms with Gasteiger partial charge in [0.05, 0.1) is 31.3 Å². The molecule has 0 unspecified atom stereocenters. The number of aromatic nitrogens is 4. The Morgan fingerprint density at radius 2 is 1.79 bits per heavy atom. The van der Waals surface area contributed by atoms with Crippen molar-refractivity contribution in [3.05, 3.63) is 78.5 Å². The first-order valence-electron chi connectivity index (χ1n) is 10.3. The first-order chi connectivity index (χ1) is 16.4. The average molecular weight is 478 g/mol. The summed E-state index contributed by atoms with van der Waals surface area (Å²) in [7, 11) is -1.09. The third kappa shape index (κ3) is 4.87. The van der Waals surface area contributed by atoms with Crippen LogP contribution < -0.4 is 9.46 Å². The summed E-state index contributed by atoms with van der Waals surface area (Å²) in [6, 6.07) is 12.6. The molecule has 3 aromatic heterocycles. The summed E-state index contributed by atoms with van der Waals surface area (Å²) in [5.74, 6) is 0.0712. The predicted molar refractivity (Wildman–Crippen MR) is 128 cm³/mol. The van der Waals surface area contributed by atoms with Crippen molar-refractivity contribution in [3.8, 4) is 28.3 Å². The fourth-order valence-electron chi connectivity index (χ4n) is 3.47. The SMILES string of the molecule is COCc1cc(-c2cccnc2)ccc1-c1ncccc1S(=O)(=O)Nc1ncc(C)nc1OC. The van der Waals surface area contributed by atoms with Crippen LogP contribution in [0.15, 0.2) is 72.1 Å². The number of hydrogen-bond acceptors (Lipinski definition) is 8. The second-order valence-electron chi connectivity index (χ2n) is 7.37. The van der Waals surface area contributed by atoms with Gasteiger partial charge in [0.25, 0.3) is 15.9 Å². The van der Waals surface area contributed by atoms with Crippen LogP contribution in [-0.2, 0) is 21.4 Å². The zero-order chi connectivity index (χ0) is 24.1. The maximum Gasteiger partial charge on any atom is 0.265 e. The Labute approximate surface area is 197 Å². The van der Waals surface area contributed by atoms with Crippen LogP contribution in [-0.4, -0.2) is 42.6 Å². The maximum absolute atomic E-state index is 13.4. The van der Waals surface area contributed by atoms with Gasteiger partial charge < -0.3 is 9.47 Å². The summed E-state index contributed by atoms with van der Waals surface area (Å²) < 4.78 is 39.9. The van der Waals surface area contributed by atoms with Gasteiger partial charge in [-0.1, -0.05) is 18.2 Å². The molecule has 0 bridgehead atoms. The molecule has 0 atom stereocenters. The first kappa shape index (κ1) is 23.3. The predicted octanol–water partition coefficient (Wildman–Crippen LogP) is 3.86. The summed E-state index contributed by atoms with van der Waals surface area (Å²) in [5.41, 5.74) is 4.18. The standard InChI is InChI=1S/C24H23N5O4S/c1-16-13-27-23(24(28-16)33-3)29-34(30,31)21-7-5-11-26-22(21)20-9-8-17(12-19(20)15-32-2)18-6-4-10-25-14-18/h4-14H,15H2,1-3H3,(H,27,29). The minimum Gasteiger partial charge on any atom is -0.478 e. The normalized spacial score (nSPS) is 11.3. The number of sulfonamides is 1. The van der Waals surface area contributed by atoms with Crippen molar-refractivity contribution in [2.45, 2.75) is 18.4 Å². The van der Waals surface area contributed by atoms with E-state index in [2.05, 4.69) is 24.7 Å². The fourth-order valence-corrected chi connectivity index (χ4v) is 4.65. The molecule has 0 radical (unpaired) electrons. The summed E-state index contributed by atoms with van der Waals surface area (Å²) in [4.78, 5) is 16.9. The molecule has 4 aromatic rings. The van der Waals surface area contributed by atoms with Crippen molar-refractivity contribution >= 4 is 15.8 Å². The fraction of sp³-hybridized carbons (Fsp3) is 0.167. The second-order valence-corrected chi connectivity index (χ2v) is 9.02. The zero-order valence-electron chi connectivity index (χ0n) is 18.9. The molecule has 0 spiro atoms. The van der Waals surface area contributed by atoms with Gasteiger partial charge in [0, 0.05) is 31.3 Å². The number of nitrogens with one attached hydrogen (secondary N) is 1. The van der Waals surface area contributed by atoms with Gasteiger partial charge in [-0.2, -0.15) is 0 Å². The van der Waals surface area contributed by atoms with E-state index >= 15 is 0 Å². The second kappa shape index (κ2) is 9.94. The Morgan fingerprint density at radius 3 is 2.53 bits per heavy atom. The highest BCUT2D eigenvalue weighted by Crippen LogP contribution is 2.33. The van der Waals surface area contributed by atoms with Crippen LogP contribution in [0.25, 0.3) is 22.4 Å². The Hall–Kier alpha value is -3.89. The van der Waals surface area contributed by atoms with Gasteiger partial charge in [0.2, 0.25) is 5.82 Å². The van der Waals surface area contributed by atoms with Crippen molar-refractivity contribution in [2.24, 2.45) is 0 Å². The van der Waals surface area contributed by atoms with Crippen LogP contribution in [0.5, 0.6) is 5.88 Å². The minimum absolute atomic E-state index is 0.00746. The van der Waals surface area contributed by atoms with Gasteiger partial charge in [0.15, 0.2) is 0 Å². The van der Waals surface area contributed by atoms with E-state index in [1.54, 1.807) is 38.7 Å². The molecule has 34 heavy (non-hydrogen) atoms. The molecule has 1 aromatic carbocycles. The van der Waals surface area contributed by atoms with Crippen LogP contribution in [0.4, 0.5) is 5.82 Å². The number of ether oxygens (including phenoxy) is 2. The molecule has 174 valence electrons. The Kier molecular flexibility index (Phi) is 6.80. The number of pyridine rings is 2. The minimum atomic E-state index is -4.08. The molecule has 3 heterocycles. The molecule has 0 amide bonds. The number of rotatable bonds is 8. The molecule has 0 aliphatic heterocycles. The van der Waals surface area contributed by atoms with Gasteiger partial charge in [0.1, 0.15) is 4.90 Å². The summed E-state index contributed by atoms with van der Waals surface area (Å²) in [6.07, 6.45) is 6.48. The zero-order valence-corrected chi connectivity index (χ0v) is 19.7. The van der Waals surface area contributed by atoms with Crippen LogP contribution in [0.1, 0.15) is 11.3 Å². The lowest BCUT2D eigenvalue weighted by atomic mass is 9.98. The highest BCUT2D eigenvalue weighted by molar-refractivity contribution is 7.92. The van der Waals surface area contributed by atoms with Crippen LogP contribution in [0, 0.1) is 6.92 Å². The molecule has 0 fully saturated rings. The molecule has 0 saturated heterocycles. The van der Waals surface area contributed by atoms with E-state index in [0.717, 1.165) is 16.7 Å². The molecule has 0 aliphatic carbocycles. The molecule has 4 rings (SSSR count). The number of methoxy groups -OCH3 is 2. The number of anilines is 1. The summed E-state index contributed by atoms with van der Waals surface area (Å²) in [5, 5.41) is 0. The number of hydrogen-bond donors (Lipinski definition) is 1. The molecule has 9 nitrogen and oxygen atoms in total. The maximum atomic E-state index is 13.4. The Bertz CT molecular complexity index is 1410. The lowest BCUT2D eigenvalue weighted by Crippen LogP contribution is -2.17. The van der Waals surface area contributed by atoms with Crippen molar-refractivity contribution in [2.75, 3.05) is 18.9 Å². The average Bonchev–Trinajstić information content (AvgIpc) is 2.86. The van der Waals surface area contributed by atoms with Crippen LogP contribution in [0.3, 0.4) is 0 Å². The van der Waals surface area contributed by atoms with E-state index in [-0.39, 0.29) is 23.2 Å². The van der Waals surface area contributed by atoms with E-state index in [1.165, 1.54) is 19.4 Å². The van der Waals surface area contributed by atoms with Gasteiger partial charge in [-0.25, -0.2) is 18.4 Å². The van der Waals surface area contributed by atoms with Gasteiger partial charge in [-0.3, -0.25) is 14.7 Å². The van der Waals surface area contributed by atoms with E-state index in [9.17, 15) is 8.42 Å². The molecular formula is C24H23N5O4S. The molecule has 10 heteroatoms. The third-order valence-corrected chi connectivity index (χ3v) is 6.37. The molecule has 0 aliphatic rings. The van der Waals surface area contributed by atoms with Gasteiger partial charge >= 0.3 is 0 Å². The summed E-state index contributed by atoms with van der Waals surface area (Å²) >= 11 is 0. The molecular weight excluding hydrogens is 454 g/mol. The number of aryl methyl sites for hydroxylation is 1. The van der Waals surface area contributed by atoms with Crippen molar-refractivity contribution in [1.29, 1.82) is 0 Å². The van der Waals surface area contributed by atoms with Crippen molar-refractivity contribution < 1.29 is 17.9 Å². The highest BCUT2D eigenvalue weighted by Gasteiger charge is 2.24. The monoisotopic (exact) mass is 477 g/mol. The lowest BCUT2D eigenvalue weighted by molar-refractivity contribution is 0.185. The number of nitrogens with zero attached hydrogens (tertiary/aromatic N) is 4. The third-order valence-electron chi connectivity index (χ3n) is 5.00. The largest absolute Gasteiger partial charge is 0.478 e. The number of benzene rings is 1. The summed E-state index contributed by atoms with van der Waals surface area (Å²) in [6.45, 7) is 2.00. The van der Waals surface area contributed by atoms with Gasteiger partial charge in [-0.05, 0) is 47.9 Å². The van der Waals surface area contributed by atoms with E-state index < -0.39 is 10.0 Å². The van der Waals surface area contributed by atoms with Gasteiger partial charge in [-0.15, -0.1) is 0 Å². The Morgan fingerprint density at radius 1 is 0.971 bits per heavy atom. The molecule has 0 saturated carbocycles. The molecule has 1 N–H and O–H groups in total. The lowest BCUT2D eigenvalue weighted by Gasteiger charge is -2.16. The van der Waals surface area contributed by atoms with E-state index in [0.29, 0.717) is 17.0 Å². The van der Waals surface area contributed by atoms with Crippen LogP contribution >= 0.6 is 0 Å². The smallest absolute Gasteiger partial charge is 0.265 e. The quantitative estimate of drug-likeness (QED) is 0.407. The topological polar surface area (TPSA) is 116 Å². The van der Waals surface area contributed by atoms with Crippen LogP contribution in [0.2, 0.25) is 0 Å².